The van der Waals surface area contributed by atoms with Gasteiger partial charge < -0.3 is 9.64 Å². The van der Waals surface area contributed by atoms with E-state index in [0.29, 0.717) is 15.0 Å². The number of carbonyl (C=O) groups excluding carboxylic acids is 1. The van der Waals surface area contributed by atoms with Crippen LogP contribution in [-0.2, 0) is 17.5 Å². The van der Waals surface area contributed by atoms with Crippen molar-refractivity contribution in [1.82, 2.24) is 4.90 Å². The van der Waals surface area contributed by atoms with Gasteiger partial charge in [-0.25, -0.2) is 4.79 Å². The fourth-order valence-electron chi connectivity index (χ4n) is 3.85. The van der Waals surface area contributed by atoms with Crippen molar-refractivity contribution in [3.8, 4) is 0 Å². The molecule has 0 aliphatic rings. The van der Waals surface area contributed by atoms with E-state index in [-0.39, 0.29) is 5.92 Å². The first-order valence-corrected chi connectivity index (χ1v) is 11.0. The van der Waals surface area contributed by atoms with Gasteiger partial charge in [0.2, 0.25) is 0 Å². The number of carbonyl (C=O) groups is 1. The molecule has 166 valence electrons. The van der Waals surface area contributed by atoms with Crippen molar-refractivity contribution in [3.05, 3.63) is 70.1 Å². The highest BCUT2D eigenvalue weighted by atomic mass is 32.1. The highest BCUT2D eigenvalue weighted by molar-refractivity contribution is 7.21. The molecule has 0 spiro atoms. The molecule has 1 aromatic heterocycles. The second kappa shape index (κ2) is 9.83. The number of hydrogen-bond donors (Lipinski definition) is 0. The molecule has 1 heterocycles. The zero-order valence-electron chi connectivity index (χ0n) is 17.8. The molecule has 1 unspecified atom stereocenters. The van der Waals surface area contributed by atoms with Crippen molar-refractivity contribution in [2.24, 2.45) is 0 Å². The summed E-state index contributed by atoms with van der Waals surface area (Å²) in [6.45, 7) is 3.64. The minimum absolute atomic E-state index is 0.0396. The van der Waals surface area contributed by atoms with Crippen molar-refractivity contribution in [3.63, 3.8) is 0 Å². The minimum atomic E-state index is -4.42. The Morgan fingerprint density at radius 3 is 2.48 bits per heavy atom. The van der Waals surface area contributed by atoms with E-state index >= 15 is 0 Å². The molecule has 0 amide bonds. The Morgan fingerprint density at radius 2 is 1.87 bits per heavy atom. The fourth-order valence-corrected chi connectivity index (χ4v) is 5.09. The molecule has 3 rings (SSSR count). The summed E-state index contributed by atoms with van der Waals surface area (Å²) >= 11 is 1.08. The number of thiophene rings is 1. The number of halogens is 3. The summed E-state index contributed by atoms with van der Waals surface area (Å²) in [5.74, 6) is -0.460. The molecule has 0 N–H and O–H groups in total. The lowest BCUT2D eigenvalue weighted by molar-refractivity contribution is -0.137. The molecule has 0 aliphatic carbocycles. The highest BCUT2D eigenvalue weighted by Gasteiger charge is 2.32. The van der Waals surface area contributed by atoms with E-state index in [1.165, 1.54) is 18.7 Å². The van der Waals surface area contributed by atoms with Crippen LogP contribution in [-0.4, -0.2) is 31.6 Å². The van der Waals surface area contributed by atoms with Gasteiger partial charge in [0.05, 0.1) is 12.7 Å². The van der Waals surface area contributed by atoms with E-state index in [1.807, 2.05) is 32.2 Å². The average Bonchev–Trinajstić information content (AvgIpc) is 3.12. The van der Waals surface area contributed by atoms with Crippen molar-refractivity contribution in [2.75, 3.05) is 20.7 Å². The summed E-state index contributed by atoms with van der Waals surface area (Å²) < 4.78 is 44.9. The molecule has 0 saturated carbocycles. The molecule has 0 radical (unpaired) electrons. The van der Waals surface area contributed by atoms with E-state index in [1.54, 1.807) is 0 Å². The average molecular weight is 450 g/mol. The molecule has 0 fully saturated rings. The SMILES string of the molecule is CCC(CCN(C)Cc1ccccc1)c1c(C(=O)OC)sc2cc(C(F)(F)F)ccc12. The number of nitrogens with zero attached hydrogens (tertiary/aromatic N) is 1. The smallest absolute Gasteiger partial charge is 0.416 e. The van der Waals surface area contributed by atoms with Crippen LogP contribution in [0.2, 0.25) is 0 Å². The second-order valence-electron chi connectivity index (χ2n) is 7.66. The number of ether oxygens (including phenoxy) is 1. The van der Waals surface area contributed by atoms with E-state index in [4.69, 9.17) is 4.74 Å². The number of methoxy groups -OCH3 is 1. The maximum absolute atomic E-state index is 13.2. The first-order valence-electron chi connectivity index (χ1n) is 10.2. The van der Waals surface area contributed by atoms with Crippen LogP contribution in [0.25, 0.3) is 10.1 Å². The lowest BCUT2D eigenvalue weighted by atomic mass is 9.90. The third-order valence-corrected chi connectivity index (χ3v) is 6.63. The number of benzene rings is 2. The van der Waals surface area contributed by atoms with Gasteiger partial charge in [0, 0.05) is 11.2 Å². The molecule has 3 nitrogen and oxygen atoms in total. The highest BCUT2D eigenvalue weighted by Crippen LogP contribution is 2.42. The van der Waals surface area contributed by atoms with Crippen molar-refractivity contribution in [1.29, 1.82) is 0 Å². The molecule has 1 atom stereocenters. The van der Waals surface area contributed by atoms with Gasteiger partial charge in [-0.1, -0.05) is 43.3 Å². The Morgan fingerprint density at radius 1 is 1.16 bits per heavy atom. The topological polar surface area (TPSA) is 29.5 Å². The van der Waals surface area contributed by atoms with Crippen molar-refractivity contribution < 1.29 is 22.7 Å². The lowest BCUT2D eigenvalue weighted by Gasteiger charge is -2.22. The molecule has 0 aliphatic heterocycles. The van der Waals surface area contributed by atoms with Crippen molar-refractivity contribution in [2.45, 2.75) is 38.4 Å². The maximum Gasteiger partial charge on any atom is 0.416 e. The zero-order chi connectivity index (χ0) is 22.6. The summed E-state index contributed by atoms with van der Waals surface area (Å²) in [7, 11) is 3.34. The van der Waals surface area contributed by atoms with Crippen LogP contribution >= 0.6 is 11.3 Å². The van der Waals surface area contributed by atoms with E-state index in [9.17, 15) is 18.0 Å². The molecule has 0 bridgehead atoms. The minimum Gasteiger partial charge on any atom is -0.465 e. The van der Waals surface area contributed by atoms with Gasteiger partial charge in [0.25, 0.3) is 0 Å². The predicted molar refractivity (Wildman–Crippen MR) is 119 cm³/mol. The summed E-state index contributed by atoms with van der Waals surface area (Å²) in [6, 6.07) is 13.9. The van der Waals surface area contributed by atoms with Gasteiger partial charge in [-0.05, 0) is 61.0 Å². The van der Waals surface area contributed by atoms with E-state index in [0.717, 1.165) is 55.0 Å². The second-order valence-corrected chi connectivity index (χ2v) is 8.71. The molecule has 31 heavy (non-hydrogen) atoms. The van der Waals surface area contributed by atoms with E-state index in [2.05, 4.69) is 17.0 Å². The van der Waals surface area contributed by atoms with E-state index < -0.39 is 17.7 Å². The van der Waals surface area contributed by atoms with Gasteiger partial charge in [0.1, 0.15) is 4.88 Å². The summed E-state index contributed by atoms with van der Waals surface area (Å²) in [4.78, 5) is 15.1. The zero-order valence-corrected chi connectivity index (χ0v) is 18.6. The number of alkyl halides is 3. The summed E-state index contributed by atoms with van der Waals surface area (Å²) in [6.07, 6.45) is -2.86. The van der Waals surface area contributed by atoms with Gasteiger partial charge in [0.15, 0.2) is 0 Å². The van der Waals surface area contributed by atoms with Crippen LogP contribution in [0.1, 0.15) is 52.0 Å². The molecule has 2 aromatic carbocycles. The molecule has 7 heteroatoms. The molecular formula is C24H26F3NO2S. The predicted octanol–water partition coefficient (Wildman–Crippen LogP) is 6.72. The maximum atomic E-state index is 13.2. The first kappa shape index (κ1) is 23.3. The molecule has 3 aromatic rings. The summed E-state index contributed by atoms with van der Waals surface area (Å²) in [5, 5.41) is 0.705. The van der Waals surface area contributed by atoms with Crippen LogP contribution in [0, 0.1) is 0 Å². The summed E-state index contributed by atoms with van der Waals surface area (Å²) in [5.41, 5.74) is 1.31. The number of fused-ring (bicyclic) bond motifs is 1. The van der Waals surface area contributed by atoms with Gasteiger partial charge in [-0.3, -0.25) is 0 Å². The normalized spacial score (nSPS) is 13.0. The van der Waals surface area contributed by atoms with Crippen LogP contribution in [0.3, 0.4) is 0 Å². The van der Waals surface area contributed by atoms with Gasteiger partial charge in [-0.15, -0.1) is 11.3 Å². The first-order chi connectivity index (χ1) is 14.7. The van der Waals surface area contributed by atoms with Crippen LogP contribution in [0.15, 0.2) is 48.5 Å². The van der Waals surface area contributed by atoms with Crippen LogP contribution < -0.4 is 0 Å². The van der Waals surface area contributed by atoms with Crippen LogP contribution in [0.4, 0.5) is 13.2 Å². The van der Waals surface area contributed by atoms with Crippen molar-refractivity contribution >= 4 is 27.4 Å². The fraction of sp³-hybridized carbons (Fsp3) is 0.375. The Balaban J connectivity index is 1.89. The Hall–Kier alpha value is -2.38. The number of hydrogen-bond acceptors (Lipinski definition) is 4. The van der Waals surface area contributed by atoms with Gasteiger partial charge in [-0.2, -0.15) is 13.2 Å². The Bertz CT molecular complexity index is 1030. The van der Waals surface area contributed by atoms with Gasteiger partial charge >= 0.3 is 12.1 Å². The standard InChI is InChI=1S/C24H26F3NO2S/c1-4-17(12-13-28(2)15-16-8-6-5-7-9-16)21-19-11-10-18(24(25,26)27)14-20(19)31-22(21)23(29)30-3/h5-11,14,17H,4,12-13,15H2,1-3H3. The monoisotopic (exact) mass is 449 g/mol. The molecular weight excluding hydrogens is 423 g/mol. The number of esters is 1. The Labute approximate surface area is 184 Å². The molecule has 0 saturated heterocycles. The Kier molecular flexibility index (Phi) is 7.38. The quantitative estimate of drug-likeness (QED) is 0.358. The lowest BCUT2D eigenvalue weighted by Crippen LogP contribution is -2.21. The van der Waals surface area contributed by atoms with Crippen LogP contribution in [0.5, 0.6) is 0 Å². The number of rotatable bonds is 8. The largest absolute Gasteiger partial charge is 0.465 e. The third kappa shape index (κ3) is 5.46. The third-order valence-electron chi connectivity index (χ3n) is 5.48.